The zero-order valence-corrected chi connectivity index (χ0v) is 9.21. The van der Waals surface area contributed by atoms with Crippen molar-refractivity contribution in [2.75, 3.05) is 18.4 Å². The Bertz CT molecular complexity index is 308. The molecular formula is C11H17N3O. The molecule has 0 aliphatic carbocycles. The third-order valence-electron chi connectivity index (χ3n) is 1.97. The molecule has 0 spiro atoms. The molecule has 0 unspecified atom stereocenters. The van der Waals surface area contributed by atoms with Gasteiger partial charge in [0.25, 0.3) is 0 Å². The zero-order chi connectivity index (χ0) is 11.1. The summed E-state index contributed by atoms with van der Waals surface area (Å²) in [4.78, 5) is 15.5. The first-order valence-corrected chi connectivity index (χ1v) is 5.15. The van der Waals surface area contributed by atoms with Crippen molar-refractivity contribution < 1.29 is 4.79 Å². The van der Waals surface area contributed by atoms with Crippen molar-refractivity contribution in [1.29, 1.82) is 0 Å². The van der Waals surface area contributed by atoms with Crippen LogP contribution in [0.4, 0.5) is 5.69 Å². The lowest BCUT2D eigenvalue weighted by Crippen LogP contribution is -2.21. The molecule has 0 saturated heterocycles. The van der Waals surface area contributed by atoms with E-state index in [9.17, 15) is 4.79 Å². The van der Waals surface area contributed by atoms with Crippen LogP contribution in [0.1, 0.15) is 19.0 Å². The van der Waals surface area contributed by atoms with Gasteiger partial charge in [0.05, 0.1) is 11.9 Å². The van der Waals surface area contributed by atoms with Gasteiger partial charge in [0.15, 0.2) is 0 Å². The van der Waals surface area contributed by atoms with E-state index in [1.807, 2.05) is 26.0 Å². The highest BCUT2D eigenvalue weighted by atomic mass is 16.1. The molecule has 0 aliphatic heterocycles. The highest BCUT2D eigenvalue weighted by Gasteiger charge is 2.01. The van der Waals surface area contributed by atoms with Crippen LogP contribution in [0.5, 0.6) is 0 Å². The average Bonchev–Trinajstić information content (AvgIpc) is 2.22. The molecule has 0 atom stereocenters. The molecule has 1 aromatic heterocycles. The Balaban J connectivity index is 2.34. The molecule has 82 valence electrons. The smallest absolute Gasteiger partial charge is 0.225 e. The Labute approximate surface area is 90.1 Å². The number of nitrogens with zero attached hydrogens (tertiary/aromatic N) is 1. The van der Waals surface area contributed by atoms with Crippen LogP contribution in [-0.4, -0.2) is 24.0 Å². The molecule has 1 heterocycles. The number of anilines is 1. The van der Waals surface area contributed by atoms with E-state index in [0.717, 1.165) is 17.9 Å². The van der Waals surface area contributed by atoms with Crippen molar-refractivity contribution >= 4 is 11.6 Å². The fourth-order valence-electron chi connectivity index (χ4n) is 1.14. The summed E-state index contributed by atoms with van der Waals surface area (Å²) in [7, 11) is 0. The van der Waals surface area contributed by atoms with Gasteiger partial charge in [-0.1, -0.05) is 6.92 Å². The molecule has 1 aromatic rings. The van der Waals surface area contributed by atoms with Gasteiger partial charge in [-0.2, -0.15) is 0 Å². The predicted octanol–water partition coefficient (Wildman–Crippen LogP) is 1.33. The van der Waals surface area contributed by atoms with E-state index in [1.165, 1.54) is 0 Å². The lowest BCUT2D eigenvalue weighted by molar-refractivity contribution is -0.116. The minimum Gasteiger partial charge on any atom is -0.325 e. The van der Waals surface area contributed by atoms with Crippen LogP contribution in [0.2, 0.25) is 0 Å². The number of hydrogen-bond acceptors (Lipinski definition) is 3. The Kier molecular flexibility index (Phi) is 4.77. The van der Waals surface area contributed by atoms with Crippen molar-refractivity contribution in [3.8, 4) is 0 Å². The molecule has 4 heteroatoms. The van der Waals surface area contributed by atoms with Gasteiger partial charge in [-0.15, -0.1) is 0 Å². The molecule has 1 amide bonds. The van der Waals surface area contributed by atoms with Crippen LogP contribution >= 0.6 is 0 Å². The van der Waals surface area contributed by atoms with Crippen LogP contribution in [0, 0.1) is 6.92 Å². The zero-order valence-electron chi connectivity index (χ0n) is 9.21. The minimum absolute atomic E-state index is 0.0154. The van der Waals surface area contributed by atoms with Gasteiger partial charge in [-0.25, -0.2) is 0 Å². The van der Waals surface area contributed by atoms with E-state index >= 15 is 0 Å². The number of amides is 1. The number of aryl methyl sites for hydroxylation is 1. The van der Waals surface area contributed by atoms with Gasteiger partial charge >= 0.3 is 0 Å². The number of aromatic nitrogens is 1. The lowest BCUT2D eigenvalue weighted by Gasteiger charge is -2.05. The number of pyridine rings is 1. The second kappa shape index (κ2) is 6.14. The van der Waals surface area contributed by atoms with Gasteiger partial charge in [0.1, 0.15) is 0 Å². The first kappa shape index (κ1) is 11.7. The summed E-state index contributed by atoms with van der Waals surface area (Å²) in [6.07, 6.45) is 2.15. The van der Waals surface area contributed by atoms with Crippen molar-refractivity contribution in [3.05, 3.63) is 24.0 Å². The van der Waals surface area contributed by atoms with Gasteiger partial charge in [-0.05, 0) is 25.6 Å². The summed E-state index contributed by atoms with van der Waals surface area (Å²) in [6, 6.07) is 3.73. The first-order valence-electron chi connectivity index (χ1n) is 5.15. The number of hydrogen-bond donors (Lipinski definition) is 2. The van der Waals surface area contributed by atoms with Crippen LogP contribution in [0.3, 0.4) is 0 Å². The van der Waals surface area contributed by atoms with E-state index in [4.69, 9.17) is 0 Å². The average molecular weight is 207 g/mol. The molecule has 0 aromatic carbocycles. The largest absolute Gasteiger partial charge is 0.325 e. The third kappa shape index (κ3) is 4.56. The summed E-state index contributed by atoms with van der Waals surface area (Å²) in [6.45, 7) is 5.53. The van der Waals surface area contributed by atoms with E-state index in [0.29, 0.717) is 13.0 Å². The summed E-state index contributed by atoms with van der Waals surface area (Å²) in [5, 5.41) is 5.88. The van der Waals surface area contributed by atoms with Crippen LogP contribution < -0.4 is 10.6 Å². The van der Waals surface area contributed by atoms with Gasteiger partial charge in [0, 0.05) is 18.7 Å². The number of carbonyl (C=O) groups excluding carboxylic acids is 1. The standard InChI is InChI=1S/C11H17N3O/c1-3-12-7-6-11(15)14-10-5-4-9(2)13-8-10/h4-5,8,12H,3,6-7H2,1-2H3,(H,14,15). The first-order chi connectivity index (χ1) is 7.22. The summed E-state index contributed by atoms with van der Waals surface area (Å²) < 4.78 is 0. The Morgan fingerprint density at radius 1 is 1.47 bits per heavy atom. The quantitative estimate of drug-likeness (QED) is 0.716. The normalized spacial score (nSPS) is 10.0. The van der Waals surface area contributed by atoms with E-state index in [2.05, 4.69) is 15.6 Å². The Morgan fingerprint density at radius 3 is 2.87 bits per heavy atom. The third-order valence-corrected chi connectivity index (χ3v) is 1.97. The van der Waals surface area contributed by atoms with Crippen LogP contribution in [0.15, 0.2) is 18.3 Å². The number of carbonyl (C=O) groups is 1. The van der Waals surface area contributed by atoms with E-state index in [-0.39, 0.29) is 5.91 Å². The Hall–Kier alpha value is -1.42. The van der Waals surface area contributed by atoms with Crippen molar-refractivity contribution in [3.63, 3.8) is 0 Å². The predicted molar refractivity (Wildman–Crippen MR) is 60.8 cm³/mol. The second-order valence-corrected chi connectivity index (χ2v) is 3.34. The monoisotopic (exact) mass is 207 g/mol. The lowest BCUT2D eigenvalue weighted by atomic mass is 10.3. The maximum absolute atomic E-state index is 11.4. The van der Waals surface area contributed by atoms with Gasteiger partial charge in [0.2, 0.25) is 5.91 Å². The fraction of sp³-hybridized carbons (Fsp3) is 0.455. The Morgan fingerprint density at radius 2 is 2.27 bits per heavy atom. The highest BCUT2D eigenvalue weighted by Crippen LogP contribution is 2.05. The minimum atomic E-state index is 0.0154. The molecule has 0 fully saturated rings. The molecule has 2 N–H and O–H groups in total. The van der Waals surface area contributed by atoms with Gasteiger partial charge < -0.3 is 10.6 Å². The molecule has 0 radical (unpaired) electrons. The molecule has 1 rings (SSSR count). The fourth-order valence-corrected chi connectivity index (χ4v) is 1.14. The number of nitrogens with one attached hydrogen (secondary N) is 2. The molecule has 0 aliphatic rings. The molecule has 15 heavy (non-hydrogen) atoms. The molecule has 0 saturated carbocycles. The van der Waals surface area contributed by atoms with E-state index in [1.54, 1.807) is 6.20 Å². The second-order valence-electron chi connectivity index (χ2n) is 3.34. The molecule has 0 bridgehead atoms. The van der Waals surface area contributed by atoms with Crippen LogP contribution in [-0.2, 0) is 4.79 Å². The van der Waals surface area contributed by atoms with E-state index < -0.39 is 0 Å². The topological polar surface area (TPSA) is 54.0 Å². The molecular weight excluding hydrogens is 190 g/mol. The summed E-state index contributed by atoms with van der Waals surface area (Å²) in [5.41, 5.74) is 1.70. The summed E-state index contributed by atoms with van der Waals surface area (Å²) in [5.74, 6) is 0.0154. The summed E-state index contributed by atoms with van der Waals surface area (Å²) >= 11 is 0. The van der Waals surface area contributed by atoms with Gasteiger partial charge in [-0.3, -0.25) is 9.78 Å². The maximum Gasteiger partial charge on any atom is 0.225 e. The van der Waals surface area contributed by atoms with Crippen LogP contribution in [0.25, 0.3) is 0 Å². The number of rotatable bonds is 5. The molecule has 4 nitrogen and oxygen atoms in total. The SMILES string of the molecule is CCNCCC(=O)Nc1ccc(C)nc1. The maximum atomic E-state index is 11.4. The highest BCUT2D eigenvalue weighted by molar-refractivity contribution is 5.90. The van der Waals surface area contributed by atoms with Crippen molar-refractivity contribution in [1.82, 2.24) is 10.3 Å². The van der Waals surface area contributed by atoms with Crippen molar-refractivity contribution in [2.45, 2.75) is 20.3 Å². The van der Waals surface area contributed by atoms with Crippen molar-refractivity contribution in [2.24, 2.45) is 0 Å².